The third-order valence-corrected chi connectivity index (χ3v) is 5.23. The molecule has 0 amide bonds. The van der Waals surface area contributed by atoms with E-state index in [-0.39, 0.29) is 0 Å². The molecular formula is C14H26N2. The minimum Gasteiger partial charge on any atom is -0.300 e. The lowest BCUT2D eigenvalue weighted by Gasteiger charge is -2.41. The van der Waals surface area contributed by atoms with Crippen LogP contribution in [0.5, 0.6) is 0 Å². The maximum absolute atomic E-state index is 2.82. The first-order chi connectivity index (χ1) is 7.84. The molecule has 0 saturated carbocycles. The summed E-state index contributed by atoms with van der Waals surface area (Å²) in [6, 6.07) is 2.74. The fourth-order valence-electron chi connectivity index (χ4n) is 4.14. The van der Waals surface area contributed by atoms with Crippen LogP contribution in [0.25, 0.3) is 0 Å². The summed E-state index contributed by atoms with van der Waals surface area (Å²) < 4.78 is 0. The van der Waals surface area contributed by atoms with Gasteiger partial charge in [0.05, 0.1) is 0 Å². The lowest BCUT2D eigenvalue weighted by atomic mass is 9.96. The molecule has 3 rings (SSSR count). The van der Waals surface area contributed by atoms with Crippen molar-refractivity contribution < 1.29 is 0 Å². The zero-order valence-corrected chi connectivity index (χ0v) is 10.7. The standard InChI is InChI=1S/C14H26N2/c1-15-12-6-7-13(15)11-14(10-12)16-8-4-2-3-5-9-16/h12-14H,2-11H2,1H3. The fraction of sp³-hybridized carbons (Fsp3) is 1.00. The van der Waals surface area contributed by atoms with E-state index in [1.54, 1.807) is 0 Å². The second-order valence-corrected chi connectivity index (χ2v) is 6.13. The highest BCUT2D eigenvalue weighted by Crippen LogP contribution is 2.36. The van der Waals surface area contributed by atoms with Crippen molar-refractivity contribution in [2.45, 2.75) is 69.5 Å². The number of likely N-dealkylation sites (tertiary alicyclic amines) is 1. The number of piperidine rings is 1. The van der Waals surface area contributed by atoms with Crippen LogP contribution >= 0.6 is 0 Å². The Hall–Kier alpha value is -0.0800. The summed E-state index contributed by atoms with van der Waals surface area (Å²) in [6.45, 7) is 2.77. The molecule has 2 atom stereocenters. The van der Waals surface area contributed by atoms with E-state index in [1.807, 2.05) is 0 Å². The first-order valence-corrected chi connectivity index (χ1v) is 7.30. The molecule has 0 radical (unpaired) electrons. The summed E-state index contributed by atoms with van der Waals surface area (Å²) in [4.78, 5) is 5.49. The van der Waals surface area contributed by atoms with Crippen molar-refractivity contribution in [3.63, 3.8) is 0 Å². The van der Waals surface area contributed by atoms with E-state index in [1.165, 1.54) is 64.5 Å². The van der Waals surface area contributed by atoms with Crippen LogP contribution in [0.2, 0.25) is 0 Å². The van der Waals surface area contributed by atoms with Crippen LogP contribution in [0.15, 0.2) is 0 Å². The van der Waals surface area contributed by atoms with Crippen LogP contribution in [0.4, 0.5) is 0 Å². The average Bonchev–Trinajstić information content (AvgIpc) is 2.60. The van der Waals surface area contributed by atoms with Gasteiger partial charge in [-0.25, -0.2) is 0 Å². The largest absolute Gasteiger partial charge is 0.300 e. The van der Waals surface area contributed by atoms with Gasteiger partial charge in [-0.3, -0.25) is 0 Å². The van der Waals surface area contributed by atoms with E-state index in [9.17, 15) is 0 Å². The molecule has 16 heavy (non-hydrogen) atoms. The molecule has 3 saturated heterocycles. The SMILES string of the molecule is CN1C2CCC1CC(N1CCCCCC1)C2. The third kappa shape index (κ3) is 2.02. The van der Waals surface area contributed by atoms with Gasteiger partial charge in [-0.15, -0.1) is 0 Å². The first kappa shape index (κ1) is 11.0. The number of nitrogens with zero attached hydrogens (tertiary/aromatic N) is 2. The van der Waals surface area contributed by atoms with E-state index < -0.39 is 0 Å². The van der Waals surface area contributed by atoms with Crippen molar-refractivity contribution in [2.24, 2.45) is 0 Å². The van der Waals surface area contributed by atoms with Gasteiger partial charge in [-0.05, 0) is 58.7 Å². The van der Waals surface area contributed by atoms with E-state index in [0.29, 0.717) is 0 Å². The molecule has 0 aromatic rings. The van der Waals surface area contributed by atoms with Gasteiger partial charge >= 0.3 is 0 Å². The smallest absolute Gasteiger partial charge is 0.0125 e. The van der Waals surface area contributed by atoms with Crippen molar-refractivity contribution >= 4 is 0 Å². The van der Waals surface area contributed by atoms with Crippen LogP contribution < -0.4 is 0 Å². The summed E-state index contributed by atoms with van der Waals surface area (Å²) >= 11 is 0. The molecule has 0 spiro atoms. The van der Waals surface area contributed by atoms with Crippen molar-refractivity contribution in [3.05, 3.63) is 0 Å². The molecule has 2 unspecified atom stereocenters. The van der Waals surface area contributed by atoms with E-state index in [2.05, 4.69) is 16.8 Å². The van der Waals surface area contributed by atoms with E-state index in [4.69, 9.17) is 0 Å². The van der Waals surface area contributed by atoms with Crippen molar-refractivity contribution in [1.82, 2.24) is 9.80 Å². The van der Waals surface area contributed by atoms with Gasteiger partial charge in [-0.2, -0.15) is 0 Å². The Kier molecular flexibility index (Phi) is 3.21. The van der Waals surface area contributed by atoms with Crippen molar-refractivity contribution in [2.75, 3.05) is 20.1 Å². The third-order valence-electron chi connectivity index (χ3n) is 5.23. The Morgan fingerprint density at radius 2 is 1.31 bits per heavy atom. The lowest BCUT2D eigenvalue weighted by molar-refractivity contribution is 0.0775. The molecule has 2 heteroatoms. The summed E-state index contributed by atoms with van der Waals surface area (Å²) in [5, 5.41) is 0. The normalized spacial score (nSPS) is 42.2. The highest BCUT2D eigenvalue weighted by molar-refractivity contribution is 4.96. The number of fused-ring (bicyclic) bond motifs is 2. The maximum Gasteiger partial charge on any atom is 0.0125 e. The zero-order valence-electron chi connectivity index (χ0n) is 10.7. The Bertz CT molecular complexity index is 219. The highest BCUT2D eigenvalue weighted by atomic mass is 15.2. The fourth-order valence-corrected chi connectivity index (χ4v) is 4.14. The molecule has 92 valence electrons. The maximum atomic E-state index is 2.82. The van der Waals surface area contributed by atoms with Crippen LogP contribution in [0.3, 0.4) is 0 Å². The van der Waals surface area contributed by atoms with E-state index in [0.717, 1.165) is 18.1 Å². The number of rotatable bonds is 1. The monoisotopic (exact) mass is 222 g/mol. The number of hydrogen-bond acceptors (Lipinski definition) is 2. The van der Waals surface area contributed by atoms with Gasteiger partial charge in [0.2, 0.25) is 0 Å². The molecule has 0 N–H and O–H groups in total. The molecule has 0 aromatic heterocycles. The van der Waals surface area contributed by atoms with Gasteiger partial charge < -0.3 is 9.80 Å². The van der Waals surface area contributed by atoms with Crippen LogP contribution in [-0.4, -0.2) is 48.1 Å². The van der Waals surface area contributed by atoms with Crippen LogP contribution in [0, 0.1) is 0 Å². The van der Waals surface area contributed by atoms with Gasteiger partial charge in [0, 0.05) is 18.1 Å². The predicted octanol–water partition coefficient (Wildman–Crippen LogP) is 2.49. The molecular weight excluding hydrogens is 196 g/mol. The quantitative estimate of drug-likeness (QED) is 0.672. The minimum atomic E-state index is 0.909. The second-order valence-electron chi connectivity index (χ2n) is 6.13. The molecule has 0 aliphatic carbocycles. The van der Waals surface area contributed by atoms with Gasteiger partial charge in [0.1, 0.15) is 0 Å². The van der Waals surface area contributed by atoms with Crippen LogP contribution in [0.1, 0.15) is 51.4 Å². The topological polar surface area (TPSA) is 6.48 Å². The van der Waals surface area contributed by atoms with Crippen LogP contribution in [-0.2, 0) is 0 Å². The Labute approximate surface area is 100.0 Å². The van der Waals surface area contributed by atoms with E-state index >= 15 is 0 Å². The summed E-state index contributed by atoms with van der Waals surface area (Å²) in [5.41, 5.74) is 0. The molecule has 3 fully saturated rings. The number of hydrogen-bond donors (Lipinski definition) is 0. The van der Waals surface area contributed by atoms with Crippen molar-refractivity contribution in [1.29, 1.82) is 0 Å². The molecule has 0 aromatic carbocycles. The van der Waals surface area contributed by atoms with Gasteiger partial charge in [-0.1, -0.05) is 12.8 Å². The summed E-state index contributed by atoms with van der Waals surface area (Å²) in [5.74, 6) is 0. The molecule has 3 aliphatic rings. The Morgan fingerprint density at radius 3 is 1.88 bits per heavy atom. The molecule has 2 bridgehead atoms. The Balaban J connectivity index is 1.63. The summed E-state index contributed by atoms with van der Waals surface area (Å²) in [6.07, 6.45) is 11.7. The zero-order chi connectivity index (χ0) is 11.0. The van der Waals surface area contributed by atoms with Gasteiger partial charge in [0.25, 0.3) is 0 Å². The summed E-state index contributed by atoms with van der Waals surface area (Å²) in [7, 11) is 2.35. The van der Waals surface area contributed by atoms with Crippen molar-refractivity contribution in [3.8, 4) is 0 Å². The minimum absolute atomic E-state index is 0.909. The molecule has 3 heterocycles. The highest BCUT2D eigenvalue weighted by Gasteiger charge is 2.40. The predicted molar refractivity (Wildman–Crippen MR) is 67.6 cm³/mol. The average molecular weight is 222 g/mol. The van der Waals surface area contributed by atoms with Gasteiger partial charge in [0.15, 0.2) is 0 Å². The first-order valence-electron chi connectivity index (χ1n) is 7.30. The Morgan fingerprint density at radius 1 is 0.750 bits per heavy atom. The molecule has 3 aliphatic heterocycles. The second kappa shape index (κ2) is 4.66. The molecule has 2 nitrogen and oxygen atoms in total. The lowest BCUT2D eigenvalue weighted by Crippen LogP contribution is -2.49.